The summed E-state index contributed by atoms with van der Waals surface area (Å²) >= 11 is 0. The number of carbonyl (C=O) groups excluding carboxylic acids is 1. The first-order valence-corrected chi connectivity index (χ1v) is 7.03. The molecule has 0 fully saturated rings. The minimum absolute atomic E-state index is 0.128. The Morgan fingerprint density at radius 3 is 2.78 bits per heavy atom. The van der Waals surface area contributed by atoms with Crippen molar-refractivity contribution in [2.24, 2.45) is 5.92 Å². The molecule has 118 valence electrons. The van der Waals surface area contributed by atoms with E-state index in [9.17, 15) is 9.59 Å². The number of fused-ring (bicyclic) bond motifs is 1. The van der Waals surface area contributed by atoms with Gasteiger partial charge in [-0.1, -0.05) is 13.8 Å². The second-order valence-corrected chi connectivity index (χ2v) is 5.43. The Balaban J connectivity index is 1.99. The zero-order valence-corrected chi connectivity index (χ0v) is 12.5. The number of hydrogen-bond acceptors (Lipinski definition) is 4. The maximum absolute atomic E-state index is 11.8. The smallest absolute Gasteiger partial charge is 0.335 e. The van der Waals surface area contributed by atoms with E-state index >= 15 is 0 Å². The normalized spacial score (nSPS) is 11.1. The van der Waals surface area contributed by atoms with E-state index in [0.717, 1.165) is 0 Å². The van der Waals surface area contributed by atoms with Crippen molar-refractivity contribution < 1.29 is 14.7 Å². The zero-order chi connectivity index (χ0) is 16.6. The van der Waals surface area contributed by atoms with Crippen LogP contribution in [-0.4, -0.2) is 37.1 Å². The first-order chi connectivity index (χ1) is 11.0. The third-order valence-corrected chi connectivity index (χ3v) is 3.39. The van der Waals surface area contributed by atoms with E-state index in [2.05, 4.69) is 25.5 Å². The van der Waals surface area contributed by atoms with Gasteiger partial charge in [0.05, 0.1) is 28.5 Å². The molecule has 2 aromatic heterocycles. The van der Waals surface area contributed by atoms with Gasteiger partial charge in [0.2, 0.25) is 5.91 Å². The minimum atomic E-state index is -1.01. The number of nitrogens with zero attached hydrogens (tertiary/aromatic N) is 2. The molecule has 0 bridgehead atoms. The first kappa shape index (κ1) is 14.8. The fourth-order valence-electron chi connectivity index (χ4n) is 2.10. The molecular formula is C15H15N5O3. The van der Waals surface area contributed by atoms with E-state index < -0.39 is 5.97 Å². The molecule has 4 N–H and O–H groups in total. The summed E-state index contributed by atoms with van der Waals surface area (Å²) in [6, 6.07) is 4.63. The quantitative estimate of drug-likeness (QED) is 0.588. The number of nitrogens with one attached hydrogen (secondary N) is 3. The van der Waals surface area contributed by atoms with Crippen molar-refractivity contribution in [1.82, 2.24) is 20.2 Å². The van der Waals surface area contributed by atoms with Crippen LogP contribution in [-0.2, 0) is 4.79 Å². The van der Waals surface area contributed by atoms with Crippen LogP contribution in [0.3, 0.4) is 0 Å². The molecule has 1 aromatic carbocycles. The molecule has 8 nitrogen and oxygen atoms in total. The molecule has 23 heavy (non-hydrogen) atoms. The third kappa shape index (κ3) is 2.78. The lowest BCUT2D eigenvalue weighted by Crippen LogP contribution is -2.17. The average molecular weight is 313 g/mol. The average Bonchev–Trinajstić information content (AvgIpc) is 3.11. The lowest BCUT2D eigenvalue weighted by molar-refractivity contribution is -0.118. The van der Waals surface area contributed by atoms with E-state index in [4.69, 9.17) is 5.11 Å². The molecule has 0 radical (unpaired) electrons. The van der Waals surface area contributed by atoms with Gasteiger partial charge >= 0.3 is 5.97 Å². The summed E-state index contributed by atoms with van der Waals surface area (Å²) in [6.45, 7) is 3.59. The molecule has 0 aliphatic heterocycles. The van der Waals surface area contributed by atoms with Crippen molar-refractivity contribution in [3.63, 3.8) is 0 Å². The molecule has 0 unspecified atom stereocenters. The van der Waals surface area contributed by atoms with E-state index in [1.54, 1.807) is 19.9 Å². The number of carboxylic acids is 1. The lowest BCUT2D eigenvalue weighted by Gasteiger charge is -2.06. The summed E-state index contributed by atoms with van der Waals surface area (Å²) in [6.07, 6.45) is 1.51. The number of hydrogen-bond donors (Lipinski definition) is 4. The monoisotopic (exact) mass is 313 g/mol. The van der Waals surface area contributed by atoms with Crippen molar-refractivity contribution >= 4 is 28.6 Å². The number of carbonyl (C=O) groups is 2. The molecule has 0 spiro atoms. The number of H-pyrrole nitrogens is 2. The van der Waals surface area contributed by atoms with E-state index in [1.807, 2.05) is 0 Å². The lowest BCUT2D eigenvalue weighted by atomic mass is 10.2. The number of amides is 1. The Kier molecular flexibility index (Phi) is 3.57. The number of aromatic carboxylic acids is 1. The van der Waals surface area contributed by atoms with Gasteiger partial charge in [-0.25, -0.2) is 9.78 Å². The van der Waals surface area contributed by atoms with Crippen LogP contribution in [0, 0.1) is 5.92 Å². The summed E-state index contributed by atoms with van der Waals surface area (Å²) in [5, 5.41) is 18.5. The van der Waals surface area contributed by atoms with Crippen LogP contribution < -0.4 is 5.32 Å². The van der Waals surface area contributed by atoms with Gasteiger partial charge in [-0.3, -0.25) is 9.89 Å². The summed E-state index contributed by atoms with van der Waals surface area (Å²) < 4.78 is 0. The van der Waals surface area contributed by atoms with Crippen LogP contribution in [0.2, 0.25) is 0 Å². The highest BCUT2D eigenvalue weighted by molar-refractivity contribution is 5.96. The van der Waals surface area contributed by atoms with Gasteiger partial charge in [0, 0.05) is 5.92 Å². The number of anilines is 1. The van der Waals surface area contributed by atoms with Crippen LogP contribution in [0.5, 0.6) is 0 Å². The minimum Gasteiger partial charge on any atom is -0.478 e. The predicted molar refractivity (Wildman–Crippen MR) is 84.1 cm³/mol. The van der Waals surface area contributed by atoms with Gasteiger partial charge in [-0.2, -0.15) is 5.10 Å². The van der Waals surface area contributed by atoms with E-state index in [1.165, 1.54) is 18.3 Å². The molecule has 8 heteroatoms. The highest BCUT2D eigenvalue weighted by Gasteiger charge is 2.16. The SMILES string of the molecule is CC(C)C(=O)Nc1cn[nH]c1-c1nc2ccc(C(=O)O)cc2[nH]1. The molecule has 2 heterocycles. The molecule has 3 aromatic rings. The topological polar surface area (TPSA) is 124 Å². The number of aromatic amines is 2. The van der Waals surface area contributed by atoms with E-state index in [-0.39, 0.29) is 17.4 Å². The van der Waals surface area contributed by atoms with Crippen LogP contribution in [0.4, 0.5) is 5.69 Å². The maximum atomic E-state index is 11.8. The molecule has 0 atom stereocenters. The highest BCUT2D eigenvalue weighted by atomic mass is 16.4. The van der Waals surface area contributed by atoms with Crippen LogP contribution in [0.1, 0.15) is 24.2 Å². The number of benzene rings is 1. The summed E-state index contributed by atoms with van der Waals surface area (Å²) in [5.41, 5.74) is 2.44. The van der Waals surface area contributed by atoms with Crippen molar-refractivity contribution in [2.45, 2.75) is 13.8 Å². The van der Waals surface area contributed by atoms with Crippen molar-refractivity contribution in [3.8, 4) is 11.5 Å². The first-order valence-electron chi connectivity index (χ1n) is 7.03. The maximum Gasteiger partial charge on any atom is 0.335 e. The van der Waals surface area contributed by atoms with Crippen LogP contribution in [0.25, 0.3) is 22.6 Å². The summed E-state index contributed by atoms with van der Waals surface area (Å²) in [4.78, 5) is 30.3. The highest BCUT2D eigenvalue weighted by Crippen LogP contribution is 2.26. The molecule has 0 aliphatic carbocycles. The number of rotatable bonds is 4. The molecule has 0 aliphatic rings. The van der Waals surface area contributed by atoms with Crippen LogP contribution in [0.15, 0.2) is 24.4 Å². The van der Waals surface area contributed by atoms with Gasteiger partial charge in [0.15, 0.2) is 5.82 Å². The molecule has 0 saturated heterocycles. The fraction of sp³-hybridized carbons (Fsp3) is 0.200. The van der Waals surface area contributed by atoms with Crippen molar-refractivity contribution in [3.05, 3.63) is 30.0 Å². The van der Waals surface area contributed by atoms with Gasteiger partial charge in [-0.15, -0.1) is 0 Å². The Labute approximate surface area is 130 Å². The standard InChI is InChI=1S/C15H15N5O3/c1-7(2)14(21)19-11-6-16-20-12(11)13-17-9-4-3-8(15(22)23)5-10(9)18-13/h3-7H,1-2H3,(H,16,20)(H,17,18)(H,19,21)(H,22,23). The summed E-state index contributed by atoms with van der Waals surface area (Å²) in [5.74, 6) is -0.822. The molecule has 3 rings (SSSR count). The van der Waals surface area contributed by atoms with E-state index in [0.29, 0.717) is 28.2 Å². The second-order valence-electron chi connectivity index (χ2n) is 5.43. The summed E-state index contributed by atoms with van der Waals surface area (Å²) in [7, 11) is 0. The fourth-order valence-corrected chi connectivity index (χ4v) is 2.10. The molecule has 1 amide bonds. The zero-order valence-electron chi connectivity index (χ0n) is 12.5. The van der Waals surface area contributed by atoms with Gasteiger partial charge in [-0.05, 0) is 18.2 Å². The van der Waals surface area contributed by atoms with Crippen molar-refractivity contribution in [1.29, 1.82) is 0 Å². The number of imidazole rings is 1. The predicted octanol–water partition coefficient (Wildman–Crippen LogP) is 2.25. The van der Waals surface area contributed by atoms with Gasteiger partial charge in [0.1, 0.15) is 5.69 Å². The molecule has 0 saturated carbocycles. The molecular weight excluding hydrogens is 298 g/mol. The van der Waals surface area contributed by atoms with Crippen molar-refractivity contribution in [2.75, 3.05) is 5.32 Å². The van der Waals surface area contributed by atoms with Gasteiger partial charge in [0.25, 0.3) is 0 Å². The largest absolute Gasteiger partial charge is 0.478 e. The number of carboxylic acid groups (broad SMARTS) is 1. The Hall–Kier alpha value is -3.16. The number of aromatic nitrogens is 4. The van der Waals surface area contributed by atoms with Gasteiger partial charge < -0.3 is 15.4 Å². The third-order valence-electron chi connectivity index (χ3n) is 3.39. The Bertz CT molecular complexity index is 894. The Morgan fingerprint density at radius 2 is 2.09 bits per heavy atom. The van der Waals surface area contributed by atoms with Crippen LogP contribution >= 0.6 is 0 Å². The Morgan fingerprint density at radius 1 is 1.30 bits per heavy atom. The second kappa shape index (κ2) is 5.56.